The summed E-state index contributed by atoms with van der Waals surface area (Å²) in [7, 11) is 0. The average Bonchev–Trinajstić information content (AvgIpc) is 2.98. The molecule has 1 aliphatic rings. The number of nitrogens with one attached hydrogen (secondary N) is 3. The number of hydrogen-bond donors (Lipinski definition) is 4. The molecule has 1 atom stereocenters. The van der Waals surface area contributed by atoms with Gasteiger partial charge in [0.15, 0.2) is 0 Å². The van der Waals surface area contributed by atoms with Crippen LogP contribution in [0.4, 0.5) is 4.79 Å². The molecule has 1 aliphatic heterocycles. The molecule has 226 valence electrons. The summed E-state index contributed by atoms with van der Waals surface area (Å²) in [5.74, 6) is 4.57. The number of amides is 3. The van der Waals surface area contributed by atoms with Gasteiger partial charge in [0.2, 0.25) is 0 Å². The maximum absolute atomic E-state index is 12.6. The van der Waals surface area contributed by atoms with E-state index < -0.39 is 29.6 Å². The first kappa shape index (κ1) is 34.0. The average molecular weight is 579 g/mol. The minimum atomic E-state index is -1.22. The van der Waals surface area contributed by atoms with Crippen LogP contribution in [-0.2, 0) is 20.8 Å². The van der Waals surface area contributed by atoms with Crippen LogP contribution in [0.25, 0.3) is 6.08 Å². The quantitative estimate of drug-likeness (QED) is 0.213. The number of allylic oxidation sites excluding steroid dienone is 1. The standard InChI is InChI=1S/C30H36N4O6.C2H6/c1-30(2,3)40-29(37)31-20-26(28(36)33-38)32-27(35)25-14-12-23(13-15-25)7-5-4-6-22-8-10-24(11-9-22)21-34-16-18-39-19-17-34;1-2/h4,6,8-15,26,38H,16-21H2,1-3H3,(H,31,37)(H,32,35)(H,33,36);1-2H3/b6-4+;. The Hall–Kier alpha value is -4.17. The Balaban J connectivity index is 0.00000301. The Bertz CT molecular complexity index is 1230. The minimum absolute atomic E-state index is 0.278. The van der Waals surface area contributed by atoms with Crippen LogP contribution in [0.3, 0.4) is 0 Å². The molecule has 1 fully saturated rings. The van der Waals surface area contributed by atoms with Crippen molar-refractivity contribution in [2.45, 2.75) is 52.8 Å². The lowest BCUT2D eigenvalue weighted by Gasteiger charge is -2.26. The number of rotatable bonds is 8. The summed E-state index contributed by atoms with van der Waals surface area (Å²) in [6.45, 7) is 13.2. The van der Waals surface area contributed by atoms with E-state index in [1.165, 1.54) is 11.0 Å². The van der Waals surface area contributed by atoms with E-state index in [9.17, 15) is 14.4 Å². The third kappa shape index (κ3) is 12.6. The Kier molecular flexibility index (Phi) is 14.3. The van der Waals surface area contributed by atoms with Crippen molar-refractivity contribution in [1.29, 1.82) is 0 Å². The van der Waals surface area contributed by atoms with E-state index in [1.807, 2.05) is 19.9 Å². The maximum atomic E-state index is 12.6. The summed E-state index contributed by atoms with van der Waals surface area (Å²) in [4.78, 5) is 38.9. The van der Waals surface area contributed by atoms with Crippen LogP contribution in [0.5, 0.6) is 0 Å². The van der Waals surface area contributed by atoms with Gasteiger partial charge in [-0.2, -0.15) is 0 Å². The van der Waals surface area contributed by atoms with Crippen LogP contribution in [-0.4, -0.2) is 72.5 Å². The zero-order valence-corrected chi connectivity index (χ0v) is 25.0. The molecule has 1 heterocycles. The van der Waals surface area contributed by atoms with E-state index >= 15 is 0 Å². The highest BCUT2D eigenvalue weighted by Gasteiger charge is 2.23. The van der Waals surface area contributed by atoms with Crippen LogP contribution in [0, 0.1) is 11.8 Å². The highest BCUT2D eigenvalue weighted by atomic mass is 16.6. The van der Waals surface area contributed by atoms with Crippen LogP contribution < -0.4 is 16.1 Å². The molecule has 0 aromatic heterocycles. The Morgan fingerprint density at radius 2 is 1.69 bits per heavy atom. The third-order valence-corrected chi connectivity index (χ3v) is 5.79. The molecule has 1 saturated heterocycles. The zero-order valence-electron chi connectivity index (χ0n) is 25.0. The van der Waals surface area contributed by atoms with Crippen molar-refractivity contribution in [2.75, 3.05) is 32.8 Å². The fourth-order valence-electron chi connectivity index (χ4n) is 3.75. The first-order chi connectivity index (χ1) is 20.1. The van der Waals surface area contributed by atoms with Crippen molar-refractivity contribution < 1.29 is 29.1 Å². The Labute approximate surface area is 248 Å². The van der Waals surface area contributed by atoms with Gasteiger partial charge in [-0.15, -0.1) is 0 Å². The molecule has 0 aliphatic carbocycles. The monoisotopic (exact) mass is 578 g/mol. The summed E-state index contributed by atoms with van der Waals surface area (Å²) < 4.78 is 10.5. The van der Waals surface area contributed by atoms with E-state index in [0.29, 0.717) is 5.56 Å². The van der Waals surface area contributed by atoms with E-state index in [0.717, 1.165) is 38.4 Å². The predicted molar refractivity (Wildman–Crippen MR) is 162 cm³/mol. The normalized spacial score (nSPS) is 14.0. The first-order valence-corrected chi connectivity index (χ1v) is 14.0. The number of carbonyl (C=O) groups excluding carboxylic acids is 3. The van der Waals surface area contributed by atoms with Crippen molar-refractivity contribution in [3.63, 3.8) is 0 Å². The second-order valence-electron chi connectivity index (χ2n) is 10.2. The van der Waals surface area contributed by atoms with Gasteiger partial charge < -0.3 is 20.1 Å². The van der Waals surface area contributed by atoms with E-state index in [2.05, 4.69) is 51.6 Å². The number of morpholine rings is 1. The number of nitrogens with zero attached hydrogens (tertiary/aromatic N) is 1. The lowest BCUT2D eigenvalue weighted by Crippen LogP contribution is -2.52. The van der Waals surface area contributed by atoms with Gasteiger partial charge in [0.05, 0.1) is 19.8 Å². The maximum Gasteiger partial charge on any atom is 0.407 e. The molecular formula is C32H42N4O6. The van der Waals surface area contributed by atoms with E-state index in [1.54, 1.807) is 51.1 Å². The Morgan fingerprint density at radius 1 is 1.05 bits per heavy atom. The molecule has 0 saturated carbocycles. The zero-order chi connectivity index (χ0) is 31.0. The topological polar surface area (TPSA) is 129 Å². The molecule has 10 heteroatoms. The summed E-state index contributed by atoms with van der Waals surface area (Å²) >= 11 is 0. The smallest absolute Gasteiger partial charge is 0.407 e. The second-order valence-corrected chi connectivity index (χ2v) is 10.2. The van der Waals surface area contributed by atoms with Gasteiger partial charge in [-0.25, -0.2) is 10.3 Å². The van der Waals surface area contributed by atoms with Gasteiger partial charge in [0.1, 0.15) is 11.6 Å². The van der Waals surface area contributed by atoms with Crippen molar-refractivity contribution in [3.8, 4) is 11.8 Å². The molecule has 10 nitrogen and oxygen atoms in total. The van der Waals surface area contributed by atoms with E-state index in [4.69, 9.17) is 14.7 Å². The lowest BCUT2D eigenvalue weighted by molar-refractivity contribution is -0.131. The highest BCUT2D eigenvalue weighted by molar-refractivity contribution is 5.97. The molecule has 3 rings (SSSR count). The lowest BCUT2D eigenvalue weighted by atomic mass is 10.1. The molecule has 1 unspecified atom stereocenters. The minimum Gasteiger partial charge on any atom is -0.444 e. The van der Waals surface area contributed by atoms with E-state index in [-0.39, 0.29) is 12.1 Å². The molecular weight excluding hydrogens is 536 g/mol. The highest BCUT2D eigenvalue weighted by Crippen LogP contribution is 2.11. The molecule has 42 heavy (non-hydrogen) atoms. The van der Waals surface area contributed by atoms with Crippen molar-refractivity contribution in [2.24, 2.45) is 0 Å². The van der Waals surface area contributed by atoms with Crippen molar-refractivity contribution in [3.05, 3.63) is 76.9 Å². The van der Waals surface area contributed by atoms with Gasteiger partial charge in [0.25, 0.3) is 11.8 Å². The van der Waals surface area contributed by atoms with Crippen LogP contribution in [0.1, 0.15) is 61.7 Å². The number of benzene rings is 2. The summed E-state index contributed by atoms with van der Waals surface area (Å²) in [6, 6.07) is 13.7. The first-order valence-electron chi connectivity index (χ1n) is 14.0. The molecule has 3 amide bonds. The number of ether oxygens (including phenoxy) is 2. The van der Waals surface area contributed by atoms with Gasteiger partial charge in [-0.3, -0.25) is 19.7 Å². The summed E-state index contributed by atoms with van der Waals surface area (Å²) in [6.07, 6.45) is 2.95. The molecule has 2 aromatic carbocycles. The molecule has 0 bridgehead atoms. The summed E-state index contributed by atoms with van der Waals surface area (Å²) in [5, 5.41) is 13.9. The molecule has 4 N–H and O–H groups in total. The number of alkyl carbamates (subject to hydrolysis) is 1. The van der Waals surface area contributed by atoms with Gasteiger partial charge in [0, 0.05) is 30.8 Å². The number of carbonyl (C=O) groups is 3. The molecule has 0 spiro atoms. The van der Waals surface area contributed by atoms with Gasteiger partial charge >= 0.3 is 6.09 Å². The van der Waals surface area contributed by atoms with Crippen LogP contribution >= 0.6 is 0 Å². The molecule has 2 aromatic rings. The van der Waals surface area contributed by atoms with Crippen LogP contribution in [0.15, 0.2) is 54.6 Å². The van der Waals surface area contributed by atoms with Crippen molar-refractivity contribution in [1.82, 2.24) is 21.0 Å². The van der Waals surface area contributed by atoms with Gasteiger partial charge in [-0.05, 0) is 68.3 Å². The van der Waals surface area contributed by atoms with Crippen molar-refractivity contribution >= 4 is 24.0 Å². The second kappa shape index (κ2) is 17.6. The van der Waals surface area contributed by atoms with Crippen LogP contribution in [0.2, 0.25) is 0 Å². The number of hydroxylamine groups is 1. The third-order valence-electron chi connectivity index (χ3n) is 5.79. The molecule has 0 radical (unpaired) electrons. The Morgan fingerprint density at radius 3 is 2.29 bits per heavy atom. The number of hydrogen-bond acceptors (Lipinski definition) is 7. The predicted octanol–water partition coefficient (Wildman–Crippen LogP) is 3.74. The largest absolute Gasteiger partial charge is 0.444 e. The SMILES string of the molecule is CC.CC(C)(C)OC(=O)NCC(NC(=O)c1ccc(C#C/C=C/c2ccc(CN3CCOCC3)cc2)cc1)C(=O)NO. The fourth-order valence-corrected chi connectivity index (χ4v) is 3.75. The fraction of sp³-hybridized carbons (Fsp3) is 0.406. The van der Waals surface area contributed by atoms with Gasteiger partial charge in [-0.1, -0.05) is 50.0 Å². The summed E-state index contributed by atoms with van der Waals surface area (Å²) in [5.41, 5.74) is 4.06.